The number of nitrogens with one attached hydrogen (secondary N) is 3. The Labute approximate surface area is 88.0 Å². The van der Waals surface area contributed by atoms with E-state index in [-0.39, 0.29) is 0 Å². The van der Waals surface area contributed by atoms with E-state index >= 15 is 0 Å². The average molecular weight is 206 g/mol. The molecule has 0 atom stereocenters. The van der Waals surface area contributed by atoms with E-state index in [2.05, 4.69) is 16.0 Å². The molecule has 1 aromatic rings. The molecule has 0 aliphatic carbocycles. The fourth-order valence-electron chi connectivity index (χ4n) is 1.42. The minimum atomic E-state index is -0.543. The van der Waals surface area contributed by atoms with Gasteiger partial charge in [0.15, 0.2) is 0 Å². The highest BCUT2D eigenvalue weighted by Crippen LogP contribution is 2.14. The molecule has 5 heteroatoms. The van der Waals surface area contributed by atoms with Gasteiger partial charge in [0.1, 0.15) is 0 Å². The third-order valence-electron chi connectivity index (χ3n) is 2.30. The summed E-state index contributed by atoms with van der Waals surface area (Å²) in [6.07, 6.45) is 0. The smallest absolute Gasteiger partial charge is 0.316 e. The Morgan fingerprint density at radius 1 is 1.27 bits per heavy atom. The van der Waals surface area contributed by atoms with Crippen molar-refractivity contribution in [1.29, 1.82) is 0 Å². The number of benzene rings is 1. The zero-order chi connectivity index (χ0) is 10.7. The van der Waals surface area contributed by atoms with E-state index in [4.69, 9.17) is 5.73 Å². The number of amides is 2. The van der Waals surface area contributed by atoms with Crippen molar-refractivity contribution in [1.82, 2.24) is 5.32 Å². The third-order valence-corrected chi connectivity index (χ3v) is 2.30. The summed E-state index contributed by atoms with van der Waals surface area (Å²) in [6.45, 7) is 2.00. The Kier molecular flexibility index (Phi) is 2.73. The first-order chi connectivity index (χ1) is 7.24. The standard InChI is InChI=1S/C10H14N4O/c11-10(15)14-8-3-1-7(2-4-8)13-9-5-12-6-9/h1-4,9,12-13H,5-6H2,(H3,11,14,15). The monoisotopic (exact) mass is 206 g/mol. The molecule has 1 aliphatic rings. The van der Waals surface area contributed by atoms with Crippen molar-refractivity contribution in [3.8, 4) is 0 Å². The summed E-state index contributed by atoms with van der Waals surface area (Å²) >= 11 is 0. The van der Waals surface area contributed by atoms with Gasteiger partial charge in [-0.25, -0.2) is 4.79 Å². The highest BCUT2D eigenvalue weighted by Gasteiger charge is 2.15. The summed E-state index contributed by atoms with van der Waals surface area (Å²) in [5.41, 5.74) is 6.76. The third kappa shape index (κ3) is 2.60. The molecule has 5 N–H and O–H groups in total. The van der Waals surface area contributed by atoms with Crippen LogP contribution in [0.25, 0.3) is 0 Å². The summed E-state index contributed by atoms with van der Waals surface area (Å²) in [7, 11) is 0. The van der Waals surface area contributed by atoms with Crippen molar-refractivity contribution in [3.05, 3.63) is 24.3 Å². The van der Waals surface area contributed by atoms with Crippen molar-refractivity contribution in [2.24, 2.45) is 5.73 Å². The topological polar surface area (TPSA) is 79.2 Å². The van der Waals surface area contributed by atoms with Crippen molar-refractivity contribution < 1.29 is 4.79 Å². The van der Waals surface area contributed by atoms with Gasteiger partial charge in [-0.1, -0.05) is 0 Å². The maximum Gasteiger partial charge on any atom is 0.316 e. The molecule has 1 heterocycles. The lowest BCUT2D eigenvalue weighted by Crippen LogP contribution is -2.51. The van der Waals surface area contributed by atoms with E-state index < -0.39 is 6.03 Å². The molecule has 0 saturated carbocycles. The second kappa shape index (κ2) is 4.18. The van der Waals surface area contributed by atoms with E-state index in [9.17, 15) is 4.79 Å². The van der Waals surface area contributed by atoms with Gasteiger partial charge >= 0.3 is 6.03 Å². The summed E-state index contributed by atoms with van der Waals surface area (Å²) in [6, 6.07) is 7.45. The van der Waals surface area contributed by atoms with Crippen LogP contribution in [0.3, 0.4) is 0 Å². The minimum absolute atomic E-state index is 0.514. The second-order valence-corrected chi connectivity index (χ2v) is 3.57. The van der Waals surface area contributed by atoms with Gasteiger partial charge in [0.2, 0.25) is 0 Å². The number of nitrogens with two attached hydrogens (primary N) is 1. The molecule has 0 unspecified atom stereocenters. The van der Waals surface area contributed by atoms with Gasteiger partial charge in [0, 0.05) is 24.5 Å². The maximum absolute atomic E-state index is 10.6. The van der Waals surface area contributed by atoms with Gasteiger partial charge in [0.25, 0.3) is 0 Å². The molecular formula is C10H14N4O. The lowest BCUT2D eigenvalue weighted by molar-refractivity contribution is 0.259. The van der Waals surface area contributed by atoms with Crippen LogP contribution in [0.5, 0.6) is 0 Å². The molecule has 0 aromatic heterocycles. The Balaban J connectivity index is 1.93. The minimum Gasteiger partial charge on any atom is -0.380 e. The molecule has 0 bridgehead atoms. The number of hydrogen-bond donors (Lipinski definition) is 4. The second-order valence-electron chi connectivity index (χ2n) is 3.57. The van der Waals surface area contributed by atoms with Crippen LogP contribution < -0.4 is 21.7 Å². The van der Waals surface area contributed by atoms with Crippen LogP contribution in [-0.4, -0.2) is 25.2 Å². The number of anilines is 2. The van der Waals surface area contributed by atoms with Crippen LogP contribution in [0.1, 0.15) is 0 Å². The molecule has 15 heavy (non-hydrogen) atoms. The van der Waals surface area contributed by atoms with Gasteiger partial charge in [0.05, 0.1) is 6.04 Å². The molecule has 1 saturated heterocycles. The van der Waals surface area contributed by atoms with Gasteiger partial charge in [-0.2, -0.15) is 0 Å². The largest absolute Gasteiger partial charge is 0.380 e. The van der Waals surface area contributed by atoms with E-state index in [1.165, 1.54) is 0 Å². The van der Waals surface area contributed by atoms with Gasteiger partial charge in [-0.05, 0) is 24.3 Å². The van der Waals surface area contributed by atoms with Gasteiger partial charge in [-0.3, -0.25) is 0 Å². The predicted molar refractivity (Wildman–Crippen MR) is 59.9 cm³/mol. The lowest BCUT2D eigenvalue weighted by Gasteiger charge is -2.29. The summed E-state index contributed by atoms with van der Waals surface area (Å²) in [5, 5.41) is 9.05. The molecule has 1 fully saturated rings. The molecule has 5 nitrogen and oxygen atoms in total. The fraction of sp³-hybridized carbons (Fsp3) is 0.300. The summed E-state index contributed by atoms with van der Waals surface area (Å²) in [4.78, 5) is 10.6. The Morgan fingerprint density at radius 3 is 2.33 bits per heavy atom. The van der Waals surface area contributed by atoms with Crippen LogP contribution in [-0.2, 0) is 0 Å². The van der Waals surface area contributed by atoms with Crippen LogP contribution in [0.4, 0.5) is 16.2 Å². The predicted octanol–water partition coefficient (Wildman–Crippen LogP) is 0.561. The fourth-order valence-corrected chi connectivity index (χ4v) is 1.42. The molecule has 1 aromatic carbocycles. The maximum atomic E-state index is 10.6. The average Bonchev–Trinajstić information content (AvgIpc) is 2.13. The van der Waals surface area contributed by atoms with Crippen molar-refractivity contribution >= 4 is 17.4 Å². The molecule has 1 aliphatic heterocycles. The quantitative estimate of drug-likeness (QED) is 0.583. The number of carbonyl (C=O) groups is 1. The Morgan fingerprint density at radius 2 is 1.87 bits per heavy atom. The van der Waals surface area contributed by atoms with Crippen LogP contribution in [0.2, 0.25) is 0 Å². The zero-order valence-corrected chi connectivity index (χ0v) is 8.29. The summed E-state index contributed by atoms with van der Waals surface area (Å²) < 4.78 is 0. The molecule has 2 amide bonds. The molecule has 0 radical (unpaired) electrons. The van der Waals surface area contributed by atoms with Gasteiger partial charge < -0.3 is 21.7 Å². The van der Waals surface area contributed by atoms with Crippen LogP contribution in [0, 0.1) is 0 Å². The number of rotatable bonds is 3. The van der Waals surface area contributed by atoms with Crippen LogP contribution >= 0.6 is 0 Å². The van der Waals surface area contributed by atoms with E-state index in [0.29, 0.717) is 11.7 Å². The first-order valence-electron chi connectivity index (χ1n) is 4.88. The van der Waals surface area contributed by atoms with Crippen molar-refractivity contribution in [3.63, 3.8) is 0 Å². The molecule has 0 spiro atoms. The number of carbonyl (C=O) groups excluding carboxylic acids is 1. The Hall–Kier alpha value is -1.75. The van der Waals surface area contributed by atoms with Crippen LogP contribution in [0.15, 0.2) is 24.3 Å². The molecule has 80 valence electrons. The van der Waals surface area contributed by atoms with E-state index in [0.717, 1.165) is 18.8 Å². The molecule has 2 rings (SSSR count). The normalized spacial score (nSPS) is 15.5. The van der Waals surface area contributed by atoms with Gasteiger partial charge in [-0.15, -0.1) is 0 Å². The SMILES string of the molecule is NC(=O)Nc1ccc(NC2CNC2)cc1. The van der Waals surface area contributed by atoms with E-state index in [1.807, 2.05) is 24.3 Å². The lowest BCUT2D eigenvalue weighted by atomic mass is 10.1. The van der Waals surface area contributed by atoms with E-state index in [1.54, 1.807) is 0 Å². The first-order valence-corrected chi connectivity index (χ1v) is 4.88. The highest BCUT2D eigenvalue weighted by atomic mass is 16.2. The van der Waals surface area contributed by atoms with Crippen molar-refractivity contribution in [2.45, 2.75) is 6.04 Å². The number of hydrogen-bond acceptors (Lipinski definition) is 3. The van der Waals surface area contributed by atoms with Crippen molar-refractivity contribution in [2.75, 3.05) is 23.7 Å². The number of urea groups is 1. The first kappa shape index (κ1) is 9.79. The number of primary amides is 1. The highest BCUT2D eigenvalue weighted by molar-refractivity contribution is 5.87. The molecular weight excluding hydrogens is 192 g/mol. The zero-order valence-electron chi connectivity index (χ0n) is 8.29. The summed E-state index contributed by atoms with van der Waals surface area (Å²) in [5.74, 6) is 0. The Bertz CT molecular complexity index is 345.